The predicted molar refractivity (Wildman–Crippen MR) is 74.5 cm³/mol. The number of pyridine rings is 1. The molecule has 0 bridgehead atoms. The normalized spacial score (nSPS) is 22.9. The lowest BCUT2D eigenvalue weighted by Gasteiger charge is -2.28. The van der Waals surface area contributed by atoms with E-state index in [0.717, 1.165) is 25.7 Å². The summed E-state index contributed by atoms with van der Waals surface area (Å²) in [5, 5.41) is 15.9. The zero-order chi connectivity index (χ0) is 13.8. The maximum absolute atomic E-state index is 12.1. The number of nitrogens with zero attached hydrogens (tertiary/aromatic N) is 1. The maximum atomic E-state index is 12.1. The van der Waals surface area contributed by atoms with Crippen LogP contribution in [0.15, 0.2) is 12.3 Å². The van der Waals surface area contributed by atoms with Crippen molar-refractivity contribution in [2.24, 2.45) is 0 Å². The van der Waals surface area contributed by atoms with Crippen LogP contribution in [0.4, 0.5) is 5.82 Å². The largest absolute Gasteiger partial charge is 0.391 e. The number of aliphatic hydroxyl groups is 1. The van der Waals surface area contributed by atoms with E-state index in [1.807, 2.05) is 0 Å². The highest BCUT2D eigenvalue weighted by Gasteiger charge is 2.25. The molecular formula is C13H18ClN3O2. The Kier molecular flexibility index (Phi) is 4.61. The van der Waals surface area contributed by atoms with Gasteiger partial charge < -0.3 is 15.7 Å². The number of carbonyl (C=O) groups excluding carboxylic acids is 1. The second kappa shape index (κ2) is 6.21. The summed E-state index contributed by atoms with van der Waals surface area (Å²) in [7, 11) is 1.71. The highest BCUT2D eigenvalue weighted by atomic mass is 35.5. The van der Waals surface area contributed by atoms with Crippen LogP contribution in [0.5, 0.6) is 0 Å². The first-order chi connectivity index (χ1) is 9.11. The monoisotopic (exact) mass is 283 g/mol. The molecule has 3 N–H and O–H groups in total. The van der Waals surface area contributed by atoms with Crippen molar-refractivity contribution in [1.29, 1.82) is 0 Å². The SMILES string of the molecule is CNc1ncc(C(=O)NC2CCCCC2O)cc1Cl. The molecule has 2 unspecified atom stereocenters. The molecule has 1 aliphatic carbocycles. The van der Waals surface area contributed by atoms with E-state index in [4.69, 9.17) is 11.6 Å². The Morgan fingerprint density at radius 2 is 2.21 bits per heavy atom. The third kappa shape index (κ3) is 3.36. The number of rotatable bonds is 3. The van der Waals surface area contributed by atoms with Crippen molar-refractivity contribution in [2.45, 2.75) is 37.8 Å². The lowest BCUT2D eigenvalue weighted by molar-refractivity contribution is 0.0717. The molecule has 1 fully saturated rings. The van der Waals surface area contributed by atoms with Gasteiger partial charge in [0.25, 0.3) is 5.91 Å². The fraction of sp³-hybridized carbons (Fsp3) is 0.538. The second-order valence-electron chi connectivity index (χ2n) is 4.74. The summed E-state index contributed by atoms with van der Waals surface area (Å²) < 4.78 is 0. The molecule has 1 heterocycles. The van der Waals surface area contributed by atoms with Crippen LogP contribution in [0.25, 0.3) is 0 Å². The molecule has 1 amide bonds. The van der Waals surface area contributed by atoms with Gasteiger partial charge in [-0.05, 0) is 18.9 Å². The van der Waals surface area contributed by atoms with E-state index < -0.39 is 6.10 Å². The molecule has 1 saturated carbocycles. The van der Waals surface area contributed by atoms with Crippen LogP contribution >= 0.6 is 11.6 Å². The maximum Gasteiger partial charge on any atom is 0.253 e. The number of carbonyl (C=O) groups is 1. The van der Waals surface area contributed by atoms with Gasteiger partial charge in [0, 0.05) is 13.2 Å². The summed E-state index contributed by atoms with van der Waals surface area (Å²) in [6.07, 6.45) is 4.60. The van der Waals surface area contributed by atoms with Gasteiger partial charge >= 0.3 is 0 Å². The van der Waals surface area contributed by atoms with Gasteiger partial charge in [-0.3, -0.25) is 4.79 Å². The quantitative estimate of drug-likeness (QED) is 0.791. The van der Waals surface area contributed by atoms with Gasteiger partial charge in [-0.2, -0.15) is 0 Å². The Hall–Kier alpha value is -1.33. The lowest BCUT2D eigenvalue weighted by Crippen LogP contribution is -2.45. The van der Waals surface area contributed by atoms with Crippen LogP contribution < -0.4 is 10.6 Å². The van der Waals surface area contributed by atoms with Crippen LogP contribution in [-0.2, 0) is 0 Å². The van der Waals surface area contributed by atoms with Crippen LogP contribution in [0, 0.1) is 0 Å². The molecule has 2 rings (SSSR count). The lowest BCUT2D eigenvalue weighted by atomic mass is 9.92. The first-order valence-corrected chi connectivity index (χ1v) is 6.82. The Labute approximate surface area is 117 Å². The van der Waals surface area contributed by atoms with Crippen molar-refractivity contribution < 1.29 is 9.90 Å². The molecule has 1 aromatic rings. The summed E-state index contributed by atoms with van der Waals surface area (Å²) in [4.78, 5) is 16.1. The number of anilines is 1. The molecule has 104 valence electrons. The minimum atomic E-state index is -0.460. The van der Waals surface area contributed by atoms with Gasteiger partial charge in [-0.15, -0.1) is 0 Å². The Balaban J connectivity index is 2.05. The van der Waals surface area contributed by atoms with Crippen LogP contribution in [-0.4, -0.2) is 35.2 Å². The summed E-state index contributed by atoms with van der Waals surface area (Å²) in [6, 6.07) is 1.40. The molecular weight excluding hydrogens is 266 g/mol. The van der Waals surface area contributed by atoms with Gasteiger partial charge in [-0.1, -0.05) is 24.4 Å². The number of hydrogen-bond acceptors (Lipinski definition) is 4. The smallest absolute Gasteiger partial charge is 0.253 e. The third-order valence-electron chi connectivity index (χ3n) is 3.39. The van der Waals surface area contributed by atoms with Crippen molar-refractivity contribution in [3.05, 3.63) is 22.8 Å². The molecule has 0 aromatic carbocycles. The van der Waals surface area contributed by atoms with E-state index in [2.05, 4.69) is 15.6 Å². The van der Waals surface area contributed by atoms with E-state index in [1.165, 1.54) is 6.20 Å². The summed E-state index contributed by atoms with van der Waals surface area (Å²) in [5.74, 6) is 0.291. The standard InChI is InChI=1S/C13H18ClN3O2/c1-15-12-9(14)6-8(7-16-12)13(19)17-10-4-2-3-5-11(10)18/h6-7,10-11,18H,2-5H2,1H3,(H,15,16)(H,17,19). The summed E-state index contributed by atoms with van der Waals surface area (Å²) in [6.45, 7) is 0. The van der Waals surface area contributed by atoms with Gasteiger partial charge in [-0.25, -0.2) is 4.98 Å². The van der Waals surface area contributed by atoms with E-state index in [-0.39, 0.29) is 11.9 Å². The van der Waals surface area contributed by atoms with E-state index in [9.17, 15) is 9.90 Å². The zero-order valence-corrected chi connectivity index (χ0v) is 11.6. The molecule has 1 aromatic heterocycles. The Bertz CT molecular complexity index is 467. The minimum Gasteiger partial charge on any atom is -0.391 e. The molecule has 0 saturated heterocycles. The third-order valence-corrected chi connectivity index (χ3v) is 3.67. The summed E-state index contributed by atoms with van der Waals surface area (Å²) >= 11 is 5.99. The van der Waals surface area contributed by atoms with Crippen molar-refractivity contribution >= 4 is 23.3 Å². The molecule has 0 radical (unpaired) electrons. The topological polar surface area (TPSA) is 74.2 Å². The Morgan fingerprint density at radius 3 is 2.84 bits per heavy atom. The van der Waals surface area contributed by atoms with Crippen molar-refractivity contribution in [3.63, 3.8) is 0 Å². The second-order valence-corrected chi connectivity index (χ2v) is 5.14. The number of amides is 1. The van der Waals surface area contributed by atoms with Crippen molar-refractivity contribution in [1.82, 2.24) is 10.3 Å². The van der Waals surface area contributed by atoms with Crippen molar-refractivity contribution in [2.75, 3.05) is 12.4 Å². The number of nitrogens with one attached hydrogen (secondary N) is 2. The highest BCUT2D eigenvalue weighted by molar-refractivity contribution is 6.33. The van der Waals surface area contributed by atoms with Crippen molar-refractivity contribution in [3.8, 4) is 0 Å². The van der Waals surface area contributed by atoms with Gasteiger partial charge in [0.15, 0.2) is 0 Å². The number of aliphatic hydroxyl groups excluding tert-OH is 1. The first kappa shape index (κ1) is 14.1. The number of hydrogen-bond donors (Lipinski definition) is 3. The predicted octanol–water partition coefficient (Wildman–Crippen LogP) is 1.81. The van der Waals surface area contributed by atoms with E-state index >= 15 is 0 Å². The van der Waals surface area contributed by atoms with Crippen LogP contribution in [0.3, 0.4) is 0 Å². The molecule has 5 nitrogen and oxygen atoms in total. The molecule has 2 atom stereocenters. The highest BCUT2D eigenvalue weighted by Crippen LogP contribution is 2.21. The molecule has 0 spiro atoms. The number of halogens is 1. The number of aromatic nitrogens is 1. The molecule has 6 heteroatoms. The first-order valence-electron chi connectivity index (χ1n) is 6.44. The molecule has 19 heavy (non-hydrogen) atoms. The minimum absolute atomic E-state index is 0.177. The Morgan fingerprint density at radius 1 is 1.47 bits per heavy atom. The van der Waals surface area contributed by atoms with Gasteiger partial charge in [0.1, 0.15) is 5.82 Å². The average molecular weight is 284 g/mol. The zero-order valence-electron chi connectivity index (χ0n) is 10.8. The average Bonchev–Trinajstić information content (AvgIpc) is 2.41. The van der Waals surface area contributed by atoms with Gasteiger partial charge in [0.05, 0.1) is 22.7 Å². The molecule has 1 aliphatic rings. The fourth-order valence-corrected chi connectivity index (χ4v) is 2.54. The van der Waals surface area contributed by atoms with Crippen LogP contribution in [0.1, 0.15) is 36.0 Å². The van der Waals surface area contributed by atoms with E-state index in [0.29, 0.717) is 16.4 Å². The summed E-state index contributed by atoms with van der Waals surface area (Å²) in [5.41, 5.74) is 0.404. The van der Waals surface area contributed by atoms with Crippen LogP contribution in [0.2, 0.25) is 5.02 Å². The van der Waals surface area contributed by atoms with E-state index in [1.54, 1.807) is 13.1 Å². The molecule has 0 aliphatic heterocycles. The van der Waals surface area contributed by atoms with Gasteiger partial charge in [0.2, 0.25) is 0 Å². The fourth-order valence-electron chi connectivity index (χ4n) is 2.28.